The molecule has 0 aliphatic carbocycles. The minimum atomic E-state index is -4.89. The van der Waals surface area contributed by atoms with Crippen LogP contribution in [0.5, 0.6) is 0 Å². The summed E-state index contributed by atoms with van der Waals surface area (Å²) in [6.45, 7) is 1.31. The van der Waals surface area contributed by atoms with Crippen molar-refractivity contribution in [3.05, 3.63) is 98.6 Å². The van der Waals surface area contributed by atoms with Gasteiger partial charge in [-0.1, -0.05) is 11.6 Å². The van der Waals surface area contributed by atoms with E-state index >= 15 is 0 Å². The molecule has 1 aliphatic rings. The Labute approximate surface area is 206 Å². The summed E-state index contributed by atoms with van der Waals surface area (Å²) in [5, 5.41) is 5.17. The summed E-state index contributed by atoms with van der Waals surface area (Å²) in [5.74, 6) is -3.86. The highest BCUT2D eigenvalue weighted by Gasteiger charge is 2.35. The second-order valence-electron chi connectivity index (χ2n) is 8.24. The molecule has 1 aliphatic heterocycles. The lowest BCUT2D eigenvalue weighted by atomic mass is 9.93. The molecule has 2 N–H and O–H groups in total. The van der Waals surface area contributed by atoms with Crippen LogP contribution >= 0.6 is 11.6 Å². The Balaban J connectivity index is 1.84. The molecule has 186 valence electrons. The molecule has 0 radical (unpaired) electrons. The zero-order valence-corrected chi connectivity index (χ0v) is 19.2. The number of ketones is 1. The van der Waals surface area contributed by atoms with Crippen LogP contribution in [0.25, 0.3) is 0 Å². The number of benzene rings is 3. The van der Waals surface area contributed by atoms with Crippen molar-refractivity contribution in [2.75, 3.05) is 5.32 Å². The van der Waals surface area contributed by atoms with Crippen molar-refractivity contribution in [2.45, 2.75) is 25.6 Å². The highest BCUT2D eigenvalue weighted by molar-refractivity contribution is 6.31. The van der Waals surface area contributed by atoms with Gasteiger partial charge < -0.3 is 10.6 Å². The van der Waals surface area contributed by atoms with Gasteiger partial charge in [-0.05, 0) is 61.0 Å². The number of carbonyl (C=O) groups is 3. The van der Waals surface area contributed by atoms with Crippen molar-refractivity contribution < 1.29 is 36.3 Å². The second kappa shape index (κ2) is 9.34. The lowest BCUT2D eigenvalue weighted by Crippen LogP contribution is -2.21. The summed E-state index contributed by atoms with van der Waals surface area (Å²) in [7, 11) is 0. The zero-order chi connectivity index (χ0) is 26.4. The summed E-state index contributed by atoms with van der Waals surface area (Å²) in [6, 6.07) is 6.66. The van der Waals surface area contributed by atoms with Crippen molar-refractivity contribution in [1.29, 1.82) is 0 Å². The largest absolute Gasteiger partial charge is 0.416 e. The van der Waals surface area contributed by atoms with E-state index < -0.39 is 46.8 Å². The fraction of sp³-hybridized carbons (Fsp3) is 0.160. The van der Waals surface area contributed by atoms with E-state index in [1.807, 2.05) is 0 Å². The second-order valence-corrected chi connectivity index (χ2v) is 8.64. The summed E-state index contributed by atoms with van der Waals surface area (Å²) >= 11 is 6.22. The van der Waals surface area contributed by atoms with Gasteiger partial charge in [-0.3, -0.25) is 14.4 Å². The van der Waals surface area contributed by atoms with Gasteiger partial charge in [0.1, 0.15) is 17.4 Å². The van der Waals surface area contributed by atoms with Crippen molar-refractivity contribution in [3.63, 3.8) is 0 Å². The highest BCUT2D eigenvalue weighted by Crippen LogP contribution is 2.40. The molecule has 0 aromatic heterocycles. The Morgan fingerprint density at radius 2 is 1.75 bits per heavy atom. The minimum Gasteiger partial charge on any atom is -0.341 e. The fourth-order valence-electron chi connectivity index (χ4n) is 4.03. The van der Waals surface area contributed by atoms with Crippen molar-refractivity contribution in [2.24, 2.45) is 0 Å². The number of halogens is 6. The van der Waals surface area contributed by atoms with E-state index in [0.717, 1.165) is 12.1 Å². The quantitative estimate of drug-likeness (QED) is 0.413. The van der Waals surface area contributed by atoms with E-state index in [4.69, 9.17) is 11.6 Å². The molecule has 2 amide bonds. The Bertz CT molecular complexity index is 1420. The van der Waals surface area contributed by atoms with Gasteiger partial charge in [-0.2, -0.15) is 13.2 Å². The number of anilines is 1. The number of hydrogen-bond donors (Lipinski definition) is 2. The molecular weight excluding hydrogens is 507 g/mol. The summed E-state index contributed by atoms with van der Waals surface area (Å²) in [5.41, 5.74) is -1.27. The number of fused-ring (bicyclic) bond motifs is 1. The Kier molecular flexibility index (Phi) is 6.57. The molecule has 0 bridgehead atoms. The van der Waals surface area contributed by atoms with E-state index in [1.54, 1.807) is 0 Å². The topological polar surface area (TPSA) is 75.3 Å². The molecular formula is C25H16ClF5N2O3. The fourth-order valence-corrected chi connectivity index (χ4v) is 4.26. The number of hydrogen-bond acceptors (Lipinski definition) is 3. The van der Waals surface area contributed by atoms with Crippen LogP contribution in [0.1, 0.15) is 55.9 Å². The first-order chi connectivity index (χ1) is 16.8. The van der Waals surface area contributed by atoms with E-state index in [-0.39, 0.29) is 45.7 Å². The lowest BCUT2D eigenvalue weighted by Gasteiger charge is -2.19. The molecule has 1 atom stereocenters. The van der Waals surface area contributed by atoms with Crippen LogP contribution < -0.4 is 10.6 Å². The van der Waals surface area contributed by atoms with E-state index in [1.165, 1.54) is 25.1 Å². The van der Waals surface area contributed by atoms with Crippen LogP contribution in [-0.2, 0) is 17.4 Å². The van der Waals surface area contributed by atoms with Gasteiger partial charge in [0, 0.05) is 39.4 Å². The van der Waals surface area contributed by atoms with Gasteiger partial charge in [0.15, 0.2) is 0 Å². The molecule has 0 unspecified atom stereocenters. The Hall–Kier alpha value is -3.79. The van der Waals surface area contributed by atoms with Gasteiger partial charge in [-0.25, -0.2) is 8.78 Å². The summed E-state index contributed by atoms with van der Waals surface area (Å²) < 4.78 is 67.2. The molecule has 5 nitrogen and oxygen atoms in total. The van der Waals surface area contributed by atoms with Crippen LogP contribution in [0.2, 0.25) is 5.02 Å². The number of alkyl halides is 3. The van der Waals surface area contributed by atoms with Crippen molar-refractivity contribution in [3.8, 4) is 0 Å². The lowest BCUT2D eigenvalue weighted by molar-refractivity contribution is -0.137. The van der Waals surface area contributed by atoms with Crippen LogP contribution in [0.4, 0.5) is 27.6 Å². The number of carbonyl (C=O) groups excluding carboxylic acids is 3. The molecule has 0 saturated heterocycles. The monoisotopic (exact) mass is 522 g/mol. The SMILES string of the molecule is CC(=O)Cc1cc(NC(=O)c2cc(F)cc(C(F)(F)F)c2)c2c(c1)C(=O)N[C@@H]2c1cc(F)ccc1Cl. The van der Waals surface area contributed by atoms with Crippen LogP contribution in [0.3, 0.4) is 0 Å². The molecule has 3 aromatic rings. The molecule has 0 spiro atoms. The number of Topliss-reactive ketones (excluding diaryl/α,β-unsaturated/α-hetero) is 1. The van der Waals surface area contributed by atoms with Crippen LogP contribution in [0.15, 0.2) is 48.5 Å². The molecule has 36 heavy (non-hydrogen) atoms. The summed E-state index contributed by atoms with van der Waals surface area (Å²) in [4.78, 5) is 37.4. The third-order valence-electron chi connectivity index (χ3n) is 5.51. The van der Waals surface area contributed by atoms with Gasteiger partial charge in [0.05, 0.1) is 11.6 Å². The van der Waals surface area contributed by atoms with E-state index in [0.29, 0.717) is 17.7 Å². The van der Waals surface area contributed by atoms with Gasteiger partial charge >= 0.3 is 6.18 Å². The first kappa shape index (κ1) is 25.3. The predicted molar refractivity (Wildman–Crippen MR) is 121 cm³/mol. The van der Waals surface area contributed by atoms with Crippen LogP contribution in [-0.4, -0.2) is 17.6 Å². The maximum atomic E-state index is 14.0. The van der Waals surface area contributed by atoms with Gasteiger partial charge in [0.25, 0.3) is 11.8 Å². The maximum Gasteiger partial charge on any atom is 0.416 e. The minimum absolute atomic E-state index is 0.0322. The van der Waals surface area contributed by atoms with Crippen LogP contribution in [0, 0.1) is 11.6 Å². The smallest absolute Gasteiger partial charge is 0.341 e. The average Bonchev–Trinajstić information content (AvgIpc) is 3.10. The van der Waals surface area contributed by atoms with Crippen molar-refractivity contribution >= 4 is 34.9 Å². The Morgan fingerprint density at radius 3 is 2.42 bits per heavy atom. The number of amides is 2. The summed E-state index contributed by atoms with van der Waals surface area (Å²) in [6.07, 6.45) is -5.00. The molecule has 0 fully saturated rings. The molecule has 1 heterocycles. The Morgan fingerprint density at radius 1 is 1.03 bits per heavy atom. The molecule has 4 rings (SSSR count). The third kappa shape index (κ3) is 5.08. The van der Waals surface area contributed by atoms with Crippen molar-refractivity contribution in [1.82, 2.24) is 5.32 Å². The first-order valence-electron chi connectivity index (χ1n) is 10.4. The maximum absolute atomic E-state index is 14.0. The third-order valence-corrected chi connectivity index (χ3v) is 5.85. The highest BCUT2D eigenvalue weighted by atomic mass is 35.5. The predicted octanol–water partition coefficient (Wildman–Crippen LogP) is 5.85. The molecule has 11 heteroatoms. The van der Waals surface area contributed by atoms with Gasteiger partial charge in [0.2, 0.25) is 0 Å². The average molecular weight is 523 g/mol. The van der Waals surface area contributed by atoms with E-state index in [9.17, 15) is 36.3 Å². The first-order valence-corrected chi connectivity index (χ1v) is 10.8. The number of rotatable bonds is 5. The normalized spacial score (nSPS) is 14.9. The molecule has 3 aromatic carbocycles. The van der Waals surface area contributed by atoms with E-state index in [2.05, 4.69) is 10.6 Å². The van der Waals surface area contributed by atoms with Gasteiger partial charge in [-0.15, -0.1) is 0 Å². The number of nitrogens with one attached hydrogen (secondary N) is 2. The zero-order valence-electron chi connectivity index (χ0n) is 18.4. The molecule has 0 saturated carbocycles. The standard InChI is InChI=1S/C25H16ClF5N2O3/c1-11(34)4-12-5-18-21(22(33-24(18)36)17-10-15(27)2-3-19(17)26)20(6-12)32-23(35)13-7-14(25(29,30)31)9-16(28)8-13/h2-3,5-10,22H,4H2,1H3,(H,32,35)(H,33,36)/t22-/m1/s1.